The second-order valence-electron chi connectivity index (χ2n) is 3.58. The molecule has 0 aliphatic carbocycles. The molecular weight excluding hydrogens is 220 g/mol. The van der Waals surface area contributed by atoms with Crippen molar-refractivity contribution in [1.82, 2.24) is 5.32 Å². The molecule has 3 N–H and O–H groups in total. The highest BCUT2D eigenvalue weighted by Gasteiger charge is 2.12. The summed E-state index contributed by atoms with van der Waals surface area (Å²) >= 11 is 0. The Morgan fingerprint density at radius 3 is 2.47 bits per heavy atom. The molecule has 1 aromatic rings. The van der Waals surface area contributed by atoms with Crippen LogP contribution in [0, 0.1) is 0 Å². The Bertz CT molecular complexity index is 401. The third-order valence-electron chi connectivity index (χ3n) is 2.25. The fourth-order valence-electron chi connectivity index (χ4n) is 1.31. The molecule has 90 valence electrons. The topological polar surface area (TPSA) is 89.3 Å². The van der Waals surface area contributed by atoms with Gasteiger partial charge in [0.2, 0.25) is 0 Å². The molecule has 1 aromatic carbocycles. The molecule has 0 saturated heterocycles. The number of hydrogen-bond acceptors (Lipinski definition) is 4. The number of benzene rings is 1. The van der Waals surface area contributed by atoms with Crippen LogP contribution in [0.4, 0.5) is 5.69 Å². The number of rotatable bonds is 6. The first-order valence-corrected chi connectivity index (χ1v) is 5.22. The van der Waals surface area contributed by atoms with Crippen LogP contribution >= 0.6 is 0 Å². The van der Waals surface area contributed by atoms with Gasteiger partial charge in [0.15, 0.2) is 0 Å². The fraction of sp³-hybridized carbons (Fsp3) is 0.250. The summed E-state index contributed by atoms with van der Waals surface area (Å²) in [6.45, 7) is 0. The van der Waals surface area contributed by atoms with Gasteiger partial charge in [-0.05, 0) is 30.7 Å². The molecule has 0 heterocycles. The van der Waals surface area contributed by atoms with E-state index in [0.29, 0.717) is 30.2 Å². The third kappa shape index (κ3) is 4.06. The van der Waals surface area contributed by atoms with Crippen molar-refractivity contribution in [2.75, 3.05) is 5.73 Å². The molecule has 0 aliphatic rings. The number of nitrogen functional groups attached to an aromatic ring is 1. The SMILES string of the molecule is Nc1ccc(C(=O)N[C@H](C=O)CCC=O)cc1. The van der Waals surface area contributed by atoms with Crippen LogP contribution in [0.1, 0.15) is 23.2 Å². The van der Waals surface area contributed by atoms with Crippen LogP contribution in [0.15, 0.2) is 24.3 Å². The zero-order chi connectivity index (χ0) is 12.7. The van der Waals surface area contributed by atoms with Crippen molar-refractivity contribution in [3.05, 3.63) is 29.8 Å². The van der Waals surface area contributed by atoms with Crippen molar-refractivity contribution in [2.24, 2.45) is 0 Å². The van der Waals surface area contributed by atoms with Crippen molar-refractivity contribution < 1.29 is 14.4 Å². The van der Waals surface area contributed by atoms with Gasteiger partial charge >= 0.3 is 0 Å². The summed E-state index contributed by atoms with van der Waals surface area (Å²) in [5, 5.41) is 2.53. The number of carbonyl (C=O) groups excluding carboxylic acids is 3. The molecule has 0 unspecified atom stereocenters. The number of hydrogen-bond donors (Lipinski definition) is 2. The molecule has 17 heavy (non-hydrogen) atoms. The second-order valence-corrected chi connectivity index (χ2v) is 3.58. The molecule has 5 heteroatoms. The molecule has 0 bridgehead atoms. The smallest absolute Gasteiger partial charge is 0.251 e. The quantitative estimate of drug-likeness (QED) is 0.555. The Morgan fingerprint density at radius 2 is 1.94 bits per heavy atom. The lowest BCUT2D eigenvalue weighted by molar-refractivity contribution is -0.110. The van der Waals surface area contributed by atoms with Crippen LogP contribution < -0.4 is 11.1 Å². The second kappa shape index (κ2) is 6.42. The molecule has 1 amide bonds. The van der Waals surface area contributed by atoms with Gasteiger partial charge in [-0.2, -0.15) is 0 Å². The van der Waals surface area contributed by atoms with Crippen molar-refractivity contribution >= 4 is 24.2 Å². The van der Waals surface area contributed by atoms with Crippen LogP contribution in [-0.4, -0.2) is 24.5 Å². The van der Waals surface area contributed by atoms with Crippen LogP contribution in [0.25, 0.3) is 0 Å². The van der Waals surface area contributed by atoms with E-state index >= 15 is 0 Å². The maximum Gasteiger partial charge on any atom is 0.251 e. The molecule has 0 aromatic heterocycles. The highest BCUT2D eigenvalue weighted by atomic mass is 16.2. The number of aldehydes is 2. The van der Waals surface area contributed by atoms with Crippen LogP contribution in [0.3, 0.4) is 0 Å². The number of amides is 1. The number of nitrogens with one attached hydrogen (secondary N) is 1. The average Bonchev–Trinajstić information content (AvgIpc) is 2.35. The summed E-state index contributed by atoms with van der Waals surface area (Å²) in [5.41, 5.74) is 6.49. The summed E-state index contributed by atoms with van der Waals surface area (Å²) in [5.74, 6) is -0.354. The number of anilines is 1. The fourth-order valence-corrected chi connectivity index (χ4v) is 1.31. The van der Waals surface area contributed by atoms with Gasteiger partial charge in [0, 0.05) is 17.7 Å². The van der Waals surface area contributed by atoms with E-state index < -0.39 is 6.04 Å². The van der Waals surface area contributed by atoms with E-state index in [1.165, 1.54) is 0 Å². The highest BCUT2D eigenvalue weighted by molar-refractivity contribution is 5.95. The van der Waals surface area contributed by atoms with Gasteiger partial charge in [0.25, 0.3) is 5.91 Å². The van der Waals surface area contributed by atoms with E-state index in [9.17, 15) is 14.4 Å². The van der Waals surface area contributed by atoms with Crippen LogP contribution in [-0.2, 0) is 9.59 Å². The summed E-state index contributed by atoms with van der Waals surface area (Å²) in [4.78, 5) is 32.5. The van der Waals surface area contributed by atoms with E-state index in [-0.39, 0.29) is 12.3 Å². The lowest BCUT2D eigenvalue weighted by atomic mass is 10.1. The summed E-state index contributed by atoms with van der Waals surface area (Å²) in [6.07, 6.45) is 1.89. The lowest BCUT2D eigenvalue weighted by Gasteiger charge is -2.11. The Hall–Kier alpha value is -2.17. The van der Waals surface area contributed by atoms with Crippen LogP contribution in [0.2, 0.25) is 0 Å². The average molecular weight is 234 g/mol. The van der Waals surface area contributed by atoms with Gasteiger partial charge in [-0.3, -0.25) is 4.79 Å². The maximum absolute atomic E-state index is 11.7. The molecule has 0 radical (unpaired) electrons. The normalized spacial score (nSPS) is 11.5. The minimum Gasteiger partial charge on any atom is -0.399 e. The van der Waals surface area contributed by atoms with E-state index in [1.807, 2.05) is 0 Å². The largest absolute Gasteiger partial charge is 0.399 e. The Morgan fingerprint density at radius 1 is 1.29 bits per heavy atom. The monoisotopic (exact) mass is 234 g/mol. The molecule has 1 atom stereocenters. The van der Waals surface area contributed by atoms with E-state index in [4.69, 9.17) is 5.73 Å². The van der Waals surface area contributed by atoms with Gasteiger partial charge in [-0.15, -0.1) is 0 Å². The first kappa shape index (κ1) is 12.9. The molecule has 1 rings (SSSR count). The minimum atomic E-state index is -0.634. The van der Waals surface area contributed by atoms with Crippen molar-refractivity contribution in [2.45, 2.75) is 18.9 Å². The lowest BCUT2D eigenvalue weighted by Crippen LogP contribution is -2.36. The van der Waals surface area contributed by atoms with Gasteiger partial charge in [-0.25, -0.2) is 0 Å². The summed E-state index contributed by atoms with van der Waals surface area (Å²) < 4.78 is 0. The first-order chi connectivity index (χ1) is 8.17. The van der Waals surface area contributed by atoms with Crippen LogP contribution in [0.5, 0.6) is 0 Å². The predicted molar refractivity (Wildman–Crippen MR) is 63.5 cm³/mol. The zero-order valence-corrected chi connectivity index (χ0v) is 9.26. The summed E-state index contributed by atoms with van der Waals surface area (Å²) in [7, 11) is 0. The van der Waals surface area contributed by atoms with E-state index in [2.05, 4.69) is 5.32 Å². The standard InChI is InChI=1S/C12H14N2O3/c13-10-5-3-9(4-6-10)12(17)14-11(8-16)2-1-7-15/h3-8,11H,1-2,13H2,(H,14,17)/t11-/m0/s1. The molecule has 0 spiro atoms. The molecule has 0 aliphatic heterocycles. The van der Waals surface area contributed by atoms with Crippen molar-refractivity contribution in [1.29, 1.82) is 0 Å². The maximum atomic E-state index is 11.7. The zero-order valence-electron chi connectivity index (χ0n) is 9.26. The van der Waals surface area contributed by atoms with E-state index in [0.717, 1.165) is 0 Å². The van der Waals surface area contributed by atoms with Gasteiger partial charge in [-0.1, -0.05) is 0 Å². The molecular formula is C12H14N2O3. The Labute approximate surface area is 99.0 Å². The minimum absolute atomic E-state index is 0.241. The first-order valence-electron chi connectivity index (χ1n) is 5.22. The van der Waals surface area contributed by atoms with Crippen molar-refractivity contribution in [3.63, 3.8) is 0 Å². The van der Waals surface area contributed by atoms with Gasteiger partial charge in [0.05, 0.1) is 6.04 Å². The van der Waals surface area contributed by atoms with Crippen molar-refractivity contribution in [3.8, 4) is 0 Å². The number of carbonyl (C=O) groups is 3. The van der Waals surface area contributed by atoms with E-state index in [1.54, 1.807) is 24.3 Å². The molecule has 5 nitrogen and oxygen atoms in total. The highest BCUT2D eigenvalue weighted by Crippen LogP contribution is 2.05. The predicted octanol–water partition coefficient (Wildman–Crippen LogP) is 0.545. The molecule has 0 fully saturated rings. The number of nitrogens with two attached hydrogens (primary N) is 1. The third-order valence-corrected chi connectivity index (χ3v) is 2.25. The van der Waals surface area contributed by atoms with Gasteiger partial charge < -0.3 is 20.6 Å². The Kier molecular flexibility index (Phi) is 4.87. The van der Waals surface area contributed by atoms with Gasteiger partial charge in [0.1, 0.15) is 12.6 Å². The summed E-state index contributed by atoms with van der Waals surface area (Å²) in [6, 6.07) is 5.73. The Balaban J connectivity index is 2.60. The molecule has 0 saturated carbocycles.